The number of hydrogen-bond donors (Lipinski definition) is 1. The van der Waals surface area contributed by atoms with Gasteiger partial charge in [0, 0.05) is 0 Å². The van der Waals surface area contributed by atoms with Gasteiger partial charge < -0.3 is 9.52 Å². The summed E-state index contributed by atoms with van der Waals surface area (Å²) in [6, 6.07) is 6.21. The van der Waals surface area contributed by atoms with Gasteiger partial charge >= 0.3 is 0 Å². The second-order valence-corrected chi connectivity index (χ2v) is 5.68. The summed E-state index contributed by atoms with van der Waals surface area (Å²) in [5.74, 6) is 0.202. The average Bonchev–Trinajstić information content (AvgIpc) is 2.74. The highest BCUT2D eigenvalue weighted by Crippen LogP contribution is 2.33. The van der Waals surface area contributed by atoms with Gasteiger partial charge in [0.25, 0.3) is 0 Å². The maximum atomic E-state index is 14.0. The number of phenols is 1. The molecular formula is C15H17FO2. The van der Waals surface area contributed by atoms with Crippen molar-refractivity contribution >= 4 is 0 Å². The number of benzene rings is 1. The summed E-state index contributed by atoms with van der Waals surface area (Å²) in [6.07, 6.45) is 2.07. The topological polar surface area (TPSA) is 33.4 Å². The minimum absolute atomic E-state index is 0.0283. The molecule has 0 bridgehead atoms. The lowest BCUT2D eigenvalue weighted by Gasteiger charge is -2.19. The third-order valence-electron chi connectivity index (χ3n) is 2.67. The molecule has 18 heavy (non-hydrogen) atoms. The lowest BCUT2D eigenvalue weighted by molar-refractivity contribution is 0.399. The van der Waals surface area contributed by atoms with Crippen LogP contribution >= 0.6 is 0 Å². The second-order valence-electron chi connectivity index (χ2n) is 5.68. The van der Waals surface area contributed by atoms with Crippen LogP contribution in [0.2, 0.25) is 0 Å². The molecule has 3 heteroatoms. The fourth-order valence-corrected chi connectivity index (χ4v) is 1.94. The number of rotatable bonds is 2. The normalized spacial score (nSPS) is 11.8. The van der Waals surface area contributed by atoms with Crippen LogP contribution in [0.15, 0.2) is 34.9 Å². The van der Waals surface area contributed by atoms with E-state index in [-0.39, 0.29) is 17.0 Å². The number of hydrogen-bond acceptors (Lipinski definition) is 2. The van der Waals surface area contributed by atoms with Crippen LogP contribution in [0.1, 0.15) is 26.3 Å². The Labute approximate surface area is 106 Å². The van der Waals surface area contributed by atoms with Crippen LogP contribution in [0.5, 0.6) is 5.75 Å². The third kappa shape index (κ3) is 2.73. The Kier molecular flexibility index (Phi) is 3.16. The minimum Gasteiger partial charge on any atom is -0.507 e. The highest BCUT2D eigenvalue weighted by Gasteiger charge is 2.18. The monoisotopic (exact) mass is 248 g/mol. The second kappa shape index (κ2) is 4.48. The van der Waals surface area contributed by atoms with E-state index in [9.17, 15) is 9.50 Å². The zero-order valence-electron chi connectivity index (χ0n) is 10.8. The predicted molar refractivity (Wildman–Crippen MR) is 68.9 cm³/mol. The molecule has 0 aliphatic heterocycles. The van der Waals surface area contributed by atoms with E-state index in [1.807, 2.05) is 20.8 Å². The van der Waals surface area contributed by atoms with Gasteiger partial charge in [0.1, 0.15) is 17.3 Å². The summed E-state index contributed by atoms with van der Waals surface area (Å²) < 4.78 is 19.2. The van der Waals surface area contributed by atoms with Crippen LogP contribution in [0.4, 0.5) is 4.39 Å². The molecule has 0 saturated carbocycles. The molecule has 1 heterocycles. The van der Waals surface area contributed by atoms with Crippen LogP contribution in [0, 0.1) is 11.2 Å². The predicted octanol–water partition coefficient (Wildman–Crippen LogP) is 4.38. The first-order valence-electron chi connectivity index (χ1n) is 5.92. The van der Waals surface area contributed by atoms with Crippen molar-refractivity contribution in [1.82, 2.24) is 0 Å². The van der Waals surface area contributed by atoms with E-state index in [4.69, 9.17) is 4.42 Å². The standard InChI is InChI=1S/C15H17FO2/c1-15(2,3)9-10-7-13(17)11(8-12(10)16)14-5-4-6-18-14/h4-8,17H,9H2,1-3H3. The van der Waals surface area contributed by atoms with Crippen molar-refractivity contribution in [3.8, 4) is 17.1 Å². The largest absolute Gasteiger partial charge is 0.507 e. The molecule has 0 atom stereocenters. The maximum absolute atomic E-state index is 14.0. The van der Waals surface area contributed by atoms with Crippen molar-refractivity contribution in [2.45, 2.75) is 27.2 Å². The SMILES string of the molecule is CC(C)(C)Cc1cc(O)c(-c2ccco2)cc1F. The molecule has 0 aliphatic rings. The van der Waals surface area contributed by atoms with E-state index in [1.165, 1.54) is 18.4 Å². The summed E-state index contributed by atoms with van der Waals surface area (Å²) >= 11 is 0. The van der Waals surface area contributed by atoms with Gasteiger partial charge in [-0.15, -0.1) is 0 Å². The Hall–Kier alpha value is -1.77. The number of phenolic OH excluding ortho intramolecular Hbond substituents is 1. The lowest BCUT2D eigenvalue weighted by atomic mass is 9.87. The van der Waals surface area contributed by atoms with Crippen molar-refractivity contribution in [2.24, 2.45) is 5.41 Å². The van der Waals surface area contributed by atoms with Crippen molar-refractivity contribution in [3.05, 3.63) is 41.9 Å². The van der Waals surface area contributed by atoms with E-state index in [0.717, 1.165) is 0 Å². The summed E-state index contributed by atoms with van der Waals surface area (Å²) in [5, 5.41) is 9.96. The first kappa shape index (κ1) is 12.7. The van der Waals surface area contributed by atoms with Gasteiger partial charge in [-0.25, -0.2) is 4.39 Å². The van der Waals surface area contributed by atoms with Crippen LogP contribution in [0.25, 0.3) is 11.3 Å². The summed E-state index contributed by atoms with van der Waals surface area (Å²) in [7, 11) is 0. The van der Waals surface area contributed by atoms with Gasteiger partial charge in [-0.3, -0.25) is 0 Å². The fourth-order valence-electron chi connectivity index (χ4n) is 1.94. The quantitative estimate of drug-likeness (QED) is 0.855. The molecule has 1 aromatic carbocycles. The maximum Gasteiger partial charge on any atom is 0.137 e. The van der Waals surface area contributed by atoms with Gasteiger partial charge in [0.05, 0.1) is 11.8 Å². The van der Waals surface area contributed by atoms with Gasteiger partial charge in [0.15, 0.2) is 0 Å². The molecule has 0 radical (unpaired) electrons. The van der Waals surface area contributed by atoms with Gasteiger partial charge in [-0.2, -0.15) is 0 Å². The summed E-state index contributed by atoms with van der Waals surface area (Å²) in [5.41, 5.74) is 0.880. The minimum atomic E-state index is -0.311. The molecule has 2 nitrogen and oxygen atoms in total. The lowest BCUT2D eigenvalue weighted by Crippen LogP contribution is -2.10. The Morgan fingerprint density at radius 3 is 2.56 bits per heavy atom. The van der Waals surface area contributed by atoms with Crippen LogP contribution in [0.3, 0.4) is 0 Å². The molecule has 2 aromatic rings. The Balaban J connectivity index is 2.41. The molecule has 0 aliphatic carbocycles. The first-order valence-corrected chi connectivity index (χ1v) is 5.92. The van der Waals surface area contributed by atoms with Crippen LogP contribution in [-0.2, 0) is 6.42 Å². The van der Waals surface area contributed by atoms with Crippen molar-refractivity contribution in [2.75, 3.05) is 0 Å². The van der Waals surface area contributed by atoms with E-state index in [1.54, 1.807) is 12.1 Å². The fraction of sp³-hybridized carbons (Fsp3) is 0.333. The van der Waals surface area contributed by atoms with Crippen molar-refractivity contribution in [1.29, 1.82) is 0 Å². The van der Waals surface area contributed by atoms with Crippen molar-refractivity contribution in [3.63, 3.8) is 0 Å². The Morgan fingerprint density at radius 2 is 2.00 bits per heavy atom. The van der Waals surface area contributed by atoms with E-state index < -0.39 is 0 Å². The molecule has 2 rings (SSSR count). The van der Waals surface area contributed by atoms with E-state index in [2.05, 4.69) is 0 Å². The van der Waals surface area contributed by atoms with E-state index in [0.29, 0.717) is 23.3 Å². The number of halogens is 1. The Bertz CT molecular complexity index is 536. The molecule has 1 aromatic heterocycles. The zero-order chi connectivity index (χ0) is 13.3. The molecule has 0 spiro atoms. The van der Waals surface area contributed by atoms with Gasteiger partial charge in [-0.1, -0.05) is 20.8 Å². The smallest absolute Gasteiger partial charge is 0.137 e. The van der Waals surface area contributed by atoms with E-state index >= 15 is 0 Å². The van der Waals surface area contributed by atoms with Crippen LogP contribution in [-0.4, -0.2) is 5.11 Å². The zero-order valence-corrected chi connectivity index (χ0v) is 10.8. The van der Waals surface area contributed by atoms with Gasteiger partial charge in [0.2, 0.25) is 0 Å². The first-order chi connectivity index (χ1) is 8.37. The highest BCUT2D eigenvalue weighted by molar-refractivity contribution is 5.66. The average molecular weight is 248 g/mol. The Morgan fingerprint density at radius 1 is 1.28 bits per heavy atom. The van der Waals surface area contributed by atoms with Gasteiger partial charge in [-0.05, 0) is 41.7 Å². The molecule has 1 N–H and O–H groups in total. The molecule has 0 fully saturated rings. The number of aromatic hydroxyl groups is 1. The molecule has 0 amide bonds. The summed E-state index contributed by atoms with van der Waals surface area (Å²) in [6.45, 7) is 6.10. The highest BCUT2D eigenvalue weighted by atomic mass is 19.1. The van der Waals surface area contributed by atoms with Crippen LogP contribution < -0.4 is 0 Å². The van der Waals surface area contributed by atoms with Crippen molar-refractivity contribution < 1.29 is 13.9 Å². The molecular weight excluding hydrogens is 231 g/mol. The third-order valence-corrected chi connectivity index (χ3v) is 2.67. The molecule has 0 saturated heterocycles. The number of furan rings is 1. The molecule has 96 valence electrons. The molecule has 0 unspecified atom stereocenters. The summed E-state index contributed by atoms with van der Waals surface area (Å²) in [4.78, 5) is 0.